The van der Waals surface area contributed by atoms with E-state index in [-0.39, 0.29) is 17.2 Å². The molecule has 0 unspecified atom stereocenters. The van der Waals surface area contributed by atoms with Gasteiger partial charge in [-0.25, -0.2) is 4.98 Å². The van der Waals surface area contributed by atoms with Gasteiger partial charge >= 0.3 is 0 Å². The second-order valence-corrected chi connectivity index (χ2v) is 8.52. The van der Waals surface area contributed by atoms with Crippen molar-refractivity contribution in [3.05, 3.63) is 86.8 Å². The van der Waals surface area contributed by atoms with Crippen LogP contribution < -0.4 is 11.1 Å². The van der Waals surface area contributed by atoms with Crippen molar-refractivity contribution in [3.8, 4) is 0 Å². The Morgan fingerprint density at radius 3 is 2.58 bits per heavy atom. The molecule has 0 saturated heterocycles. The van der Waals surface area contributed by atoms with Crippen LogP contribution in [0.25, 0.3) is 21.7 Å². The fourth-order valence-electron chi connectivity index (χ4n) is 4.82. The fourth-order valence-corrected chi connectivity index (χ4v) is 4.82. The summed E-state index contributed by atoms with van der Waals surface area (Å²) in [6, 6.07) is 13.1. The highest BCUT2D eigenvalue weighted by Gasteiger charge is 2.26. The van der Waals surface area contributed by atoms with Gasteiger partial charge in [0.2, 0.25) is 5.56 Å². The van der Waals surface area contributed by atoms with Gasteiger partial charge in [-0.05, 0) is 41.8 Å². The van der Waals surface area contributed by atoms with E-state index < -0.39 is 6.10 Å². The number of fused-ring (bicyclic) bond motifs is 3. The summed E-state index contributed by atoms with van der Waals surface area (Å²) < 4.78 is 3.19. The van der Waals surface area contributed by atoms with Crippen LogP contribution in [0.5, 0.6) is 0 Å². The van der Waals surface area contributed by atoms with Gasteiger partial charge in [-0.3, -0.25) is 14.2 Å². The third-order valence-electron chi connectivity index (χ3n) is 6.47. The van der Waals surface area contributed by atoms with Crippen LogP contribution in [0.3, 0.4) is 0 Å². The van der Waals surface area contributed by atoms with Crippen molar-refractivity contribution in [1.29, 1.82) is 0 Å². The Labute approximate surface area is 179 Å². The van der Waals surface area contributed by atoms with E-state index in [0.29, 0.717) is 23.7 Å². The monoisotopic (exact) mass is 415 g/mol. The first-order valence-corrected chi connectivity index (χ1v) is 10.8. The highest BCUT2D eigenvalue weighted by atomic mass is 16.3. The van der Waals surface area contributed by atoms with Gasteiger partial charge in [0.1, 0.15) is 0 Å². The number of hydrogen-bond acceptors (Lipinski definition) is 4. The predicted octanol–water partition coefficient (Wildman–Crippen LogP) is 3.32. The fraction of sp³-hybridized carbons (Fsp3) is 0.320. The minimum absolute atomic E-state index is 0.0507. The molecule has 0 amide bonds. The molecule has 4 aromatic rings. The molecule has 158 valence electrons. The van der Waals surface area contributed by atoms with Gasteiger partial charge in [0.05, 0.1) is 29.4 Å². The first-order valence-electron chi connectivity index (χ1n) is 10.8. The highest BCUT2D eigenvalue weighted by molar-refractivity contribution is 6.06. The maximum atomic E-state index is 13.5. The Hall–Kier alpha value is -3.25. The number of hydrogen-bond donors (Lipinski definition) is 1. The Morgan fingerprint density at radius 1 is 1.03 bits per heavy atom. The van der Waals surface area contributed by atoms with Crippen LogP contribution in [0.2, 0.25) is 0 Å². The summed E-state index contributed by atoms with van der Waals surface area (Å²) in [5, 5.41) is 13.0. The second-order valence-electron chi connectivity index (χ2n) is 8.52. The van der Waals surface area contributed by atoms with Crippen molar-refractivity contribution in [2.24, 2.45) is 7.05 Å². The quantitative estimate of drug-likeness (QED) is 0.521. The van der Waals surface area contributed by atoms with Gasteiger partial charge < -0.3 is 9.67 Å². The second kappa shape index (κ2) is 7.78. The first-order chi connectivity index (χ1) is 15.0. The van der Waals surface area contributed by atoms with E-state index >= 15 is 0 Å². The Balaban J connectivity index is 1.70. The maximum absolute atomic E-state index is 13.5. The lowest BCUT2D eigenvalue weighted by atomic mass is 9.92. The van der Waals surface area contributed by atoms with Crippen LogP contribution in [0.1, 0.15) is 42.9 Å². The summed E-state index contributed by atoms with van der Waals surface area (Å²) in [7, 11) is 1.74. The maximum Gasteiger partial charge on any atom is 0.261 e. The lowest BCUT2D eigenvalue weighted by Crippen LogP contribution is -2.34. The van der Waals surface area contributed by atoms with Crippen LogP contribution in [-0.4, -0.2) is 25.3 Å². The number of aliphatic hydroxyl groups excluding tert-OH is 1. The normalized spacial score (nSPS) is 19.2. The standard InChI is InChI=1S/C25H25N3O3/c1-27-14-16(10-11-23(27)30)12-17-13-20-24(19-7-3-2-6-18(17)19)26-15-28(25(20)31)21-8-4-5-9-22(21)29/h2-3,6-7,10-11,13-15,21-22,29H,4-5,8-9,12H2,1H3/t21-,22-/m0/s1. The van der Waals surface area contributed by atoms with Gasteiger partial charge in [0.25, 0.3) is 5.56 Å². The van der Waals surface area contributed by atoms with Crippen molar-refractivity contribution in [3.63, 3.8) is 0 Å². The third-order valence-corrected chi connectivity index (χ3v) is 6.47. The Bertz CT molecular complexity index is 1400. The van der Waals surface area contributed by atoms with E-state index in [4.69, 9.17) is 0 Å². The van der Waals surface area contributed by atoms with Crippen molar-refractivity contribution >= 4 is 21.7 Å². The molecule has 0 bridgehead atoms. The number of pyridine rings is 1. The van der Waals surface area contributed by atoms with Gasteiger partial charge in [-0.1, -0.05) is 43.2 Å². The zero-order valence-corrected chi connectivity index (χ0v) is 17.5. The Morgan fingerprint density at radius 2 is 1.81 bits per heavy atom. The molecule has 0 spiro atoms. The van der Waals surface area contributed by atoms with Gasteiger partial charge in [0.15, 0.2) is 0 Å². The molecule has 1 aliphatic rings. The van der Waals surface area contributed by atoms with Crippen molar-refractivity contribution in [2.75, 3.05) is 0 Å². The average Bonchev–Trinajstić information content (AvgIpc) is 2.78. The van der Waals surface area contributed by atoms with Crippen LogP contribution in [0.4, 0.5) is 0 Å². The molecule has 5 rings (SSSR count). The van der Waals surface area contributed by atoms with E-state index in [1.807, 2.05) is 42.6 Å². The summed E-state index contributed by atoms with van der Waals surface area (Å²) in [5.41, 5.74) is 2.54. The van der Waals surface area contributed by atoms with E-state index in [2.05, 4.69) is 4.98 Å². The van der Waals surface area contributed by atoms with E-state index in [0.717, 1.165) is 41.2 Å². The van der Waals surface area contributed by atoms with Gasteiger partial charge in [0, 0.05) is 24.7 Å². The predicted molar refractivity (Wildman–Crippen MR) is 122 cm³/mol. The average molecular weight is 415 g/mol. The third kappa shape index (κ3) is 3.47. The molecular weight excluding hydrogens is 390 g/mol. The van der Waals surface area contributed by atoms with Gasteiger partial charge in [-0.15, -0.1) is 0 Å². The molecule has 2 atom stereocenters. The van der Waals surface area contributed by atoms with E-state index in [1.54, 1.807) is 28.6 Å². The lowest BCUT2D eigenvalue weighted by Gasteiger charge is -2.29. The molecule has 1 saturated carbocycles. The van der Waals surface area contributed by atoms with Crippen LogP contribution in [0, 0.1) is 0 Å². The number of aryl methyl sites for hydroxylation is 1. The molecule has 31 heavy (non-hydrogen) atoms. The molecule has 0 radical (unpaired) electrons. The summed E-state index contributed by atoms with van der Waals surface area (Å²) in [6.45, 7) is 0. The smallest absolute Gasteiger partial charge is 0.261 e. The topological polar surface area (TPSA) is 77.1 Å². The minimum Gasteiger partial charge on any atom is -0.391 e. The molecule has 0 aliphatic heterocycles. The van der Waals surface area contributed by atoms with Crippen LogP contribution in [-0.2, 0) is 13.5 Å². The molecule has 1 aliphatic carbocycles. The van der Waals surface area contributed by atoms with Gasteiger partial charge in [-0.2, -0.15) is 0 Å². The molecule has 6 nitrogen and oxygen atoms in total. The number of aliphatic hydroxyl groups is 1. The number of rotatable bonds is 3. The summed E-state index contributed by atoms with van der Waals surface area (Å²) in [6.07, 6.45) is 7.01. The van der Waals surface area contributed by atoms with Crippen LogP contribution in [0.15, 0.2) is 64.6 Å². The van der Waals surface area contributed by atoms with Crippen molar-refractivity contribution < 1.29 is 5.11 Å². The Kier molecular flexibility index (Phi) is 4.94. The largest absolute Gasteiger partial charge is 0.391 e. The summed E-state index contributed by atoms with van der Waals surface area (Å²) in [5.74, 6) is 0. The zero-order chi connectivity index (χ0) is 21.5. The van der Waals surface area contributed by atoms with E-state index in [1.165, 1.54) is 0 Å². The SMILES string of the molecule is Cn1cc(Cc2cc3c(=O)n([C@H]4CCCC[C@@H]4O)cnc3c3ccccc23)ccc1=O. The number of benzene rings is 2. The molecule has 1 N–H and O–H groups in total. The molecule has 2 aromatic carbocycles. The minimum atomic E-state index is -0.517. The molecule has 1 fully saturated rings. The lowest BCUT2D eigenvalue weighted by molar-refractivity contribution is 0.0735. The number of aromatic nitrogens is 3. The van der Waals surface area contributed by atoms with Crippen molar-refractivity contribution in [2.45, 2.75) is 44.2 Å². The zero-order valence-electron chi connectivity index (χ0n) is 17.5. The molecule has 2 heterocycles. The summed E-state index contributed by atoms with van der Waals surface area (Å²) >= 11 is 0. The molecule has 2 aromatic heterocycles. The van der Waals surface area contributed by atoms with Crippen molar-refractivity contribution in [1.82, 2.24) is 14.1 Å². The van der Waals surface area contributed by atoms with Crippen LogP contribution >= 0.6 is 0 Å². The highest BCUT2D eigenvalue weighted by Crippen LogP contribution is 2.30. The summed E-state index contributed by atoms with van der Waals surface area (Å²) in [4.78, 5) is 29.9. The molecule has 6 heteroatoms. The van der Waals surface area contributed by atoms with E-state index in [9.17, 15) is 14.7 Å². The molecular formula is C25H25N3O3. The number of nitrogens with zero attached hydrogens (tertiary/aromatic N) is 3. The first kappa shape index (κ1) is 19.7.